The lowest BCUT2D eigenvalue weighted by Crippen LogP contribution is -2.32. The number of aryl methyl sites for hydroxylation is 1. The molecule has 1 aliphatic carbocycles. The Hall–Kier alpha value is -1.36. The van der Waals surface area contributed by atoms with Gasteiger partial charge < -0.3 is 14.0 Å². The van der Waals surface area contributed by atoms with Gasteiger partial charge in [0, 0.05) is 0 Å². The largest absolute Gasteiger partial charge is 0.464 e. The molecule has 1 atom stereocenters. The van der Waals surface area contributed by atoms with Gasteiger partial charge in [0.25, 0.3) is 0 Å². The lowest BCUT2D eigenvalue weighted by atomic mass is 9.83. The van der Waals surface area contributed by atoms with Crippen molar-refractivity contribution in [3.8, 4) is 0 Å². The first-order valence-corrected chi connectivity index (χ1v) is 7.92. The Labute approximate surface area is 125 Å². The maximum Gasteiger partial charge on any atom is 0.356 e. The second-order valence-electron chi connectivity index (χ2n) is 6.32. The van der Waals surface area contributed by atoms with Crippen molar-refractivity contribution in [2.24, 2.45) is 0 Å². The lowest BCUT2D eigenvalue weighted by Gasteiger charge is -2.33. The van der Waals surface area contributed by atoms with Crippen LogP contribution in [-0.4, -0.2) is 34.3 Å². The van der Waals surface area contributed by atoms with E-state index in [2.05, 4.69) is 4.98 Å². The van der Waals surface area contributed by atoms with Gasteiger partial charge in [-0.1, -0.05) is 19.3 Å². The van der Waals surface area contributed by atoms with Crippen LogP contribution < -0.4 is 0 Å². The predicted molar refractivity (Wildman–Crippen MR) is 78.2 cm³/mol. The minimum Gasteiger partial charge on any atom is -0.464 e. The fourth-order valence-corrected chi connectivity index (χ4v) is 3.76. The van der Waals surface area contributed by atoms with E-state index in [9.17, 15) is 4.79 Å². The van der Waals surface area contributed by atoms with Crippen molar-refractivity contribution in [3.63, 3.8) is 0 Å². The van der Waals surface area contributed by atoms with Crippen LogP contribution in [0.15, 0.2) is 6.20 Å². The third kappa shape index (κ3) is 2.84. The molecule has 1 aliphatic heterocycles. The van der Waals surface area contributed by atoms with Crippen LogP contribution in [0.4, 0.5) is 0 Å². The van der Waals surface area contributed by atoms with Gasteiger partial charge in [0.2, 0.25) is 0 Å². The third-order valence-electron chi connectivity index (χ3n) is 4.94. The van der Waals surface area contributed by atoms with Gasteiger partial charge in [0.1, 0.15) is 11.5 Å². The minimum absolute atomic E-state index is 0.114. The van der Waals surface area contributed by atoms with Crippen molar-refractivity contribution >= 4 is 5.97 Å². The van der Waals surface area contributed by atoms with Crippen molar-refractivity contribution in [1.29, 1.82) is 0 Å². The molecule has 0 aromatic carbocycles. The smallest absolute Gasteiger partial charge is 0.356 e. The van der Waals surface area contributed by atoms with Crippen molar-refractivity contribution in [1.82, 2.24) is 9.55 Å². The van der Waals surface area contributed by atoms with Crippen LogP contribution in [0.25, 0.3) is 0 Å². The van der Waals surface area contributed by atoms with Crippen molar-refractivity contribution in [2.75, 3.05) is 7.11 Å². The molecule has 1 saturated carbocycles. The van der Waals surface area contributed by atoms with E-state index in [-0.39, 0.29) is 17.7 Å². The summed E-state index contributed by atoms with van der Waals surface area (Å²) in [5.74, 6) is 0.504. The summed E-state index contributed by atoms with van der Waals surface area (Å²) in [5.41, 5.74) is 0.631. The molecule has 2 aliphatic rings. The Kier molecular flexibility index (Phi) is 4.02. The summed E-state index contributed by atoms with van der Waals surface area (Å²) in [6.07, 6.45) is 10.3. The van der Waals surface area contributed by atoms with Crippen LogP contribution in [0, 0.1) is 6.92 Å². The molecule has 0 radical (unpaired) electrons. The van der Waals surface area contributed by atoms with E-state index >= 15 is 0 Å². The molecule has 21 heavy (non-hydrogen) atoms. The van der Waals surface area contributed by atoms with Gasteiger partial charge in [-0.15, -0.1) is 0 Å². The van der Waals surface area contributed by atoms with Gasteiger partial charge in [0.05, 0.1) is 31.6 Å². The number of rotatable bonds is 3. The van der Waals surface area contributed by atoms with E-state index in [4.69, 9.17) is 9.47 Å². The molecule has 1 aromatic heterocycles. The van der Waals surface area contributed by atoms with Crippen LogP contribution in [0.1, 0.15) is 61.3 Å². The third-order valence-corrected chi connectivity index (χ3v) is 4.94. The molecule has 3 rings (SSSR count). The van der Waals surface area contributed by atoms with E-state index < -0.39 is 0 Å². The molecule has 5 heteroatoms. The maximum absolute atomic E-state index is 11.8. The Morgan fingerprint density at radius 2 is 2.19 bits per heavy atom. The molecule has 0 amide bonds. The van der Waals surface area contributed by atoms with Gasteiger partial charge in [-0.3, -0.25) is 0 Å². The molecule has 1 aromatic rings. The molecule has 116 valence electrons. The zero-order valence-corrected chi connectivity index (χ0v) is 12.9. The van der Waals surface area contributed by atoms with E-state index in [0.29, 0.717) is 12.2 Å². The molecule has 1 unspecified atom stereocenters. The van der Waals surface area contributed by atoms with Gasteiger partial charge in [-0.05, 0) is 32.6 Å². The average Bonchev–Trinajstić information content (AvgIpc) is 3.05. The molecule has 1 saturated heterocycles. The highest BCUT2D eigenvalue weighted by Crippen LogP contribution is 2.42. The van der Waals surface area contributed by atoms with Gasteiger partial charge in [-0.2, -0.15) is 0 Å². The first-order chi connectivity index (χ1) is 10.1. The highest BCUT2D eigenvalue weighted by molar-refractivity contribution is 5.87. The van der Waals surface area contributed by atoms with E-state index in [0.717, 1.165) is 18.7 Å². The van der Waals surface area contributed by atoms with Crippen LogP contribution in [0.5, 0.6) is 0 Å². The van der Waals surface area contributed by atoms with E-state index in [1.54, 1.807) is 6.20 Å². The fraction of sp³-hybridized carbons (Fsp3) is 0.750. The number of aromatic nitrogens is 2. The summed E-state index contributed by atoms with van der Waals surface area (Å²) >= 11 is 0. The summed E-state index contributed by atoms with van der Waals surface area (Å²) in [5, 5.41) is 0. The summed E-state index contributed by atoms with van der Waals surface area (Å²) in [4.78, 5) is 16.0. The number of hydrogen-bond donors (Lipinski definition) is 0. The molecule has 5 nitrogen and oxygen atoms in total. The monoisotopic (exact) mass is 292 g/mol. The minimum atomic E-state index is -0.332. The number of esters is 1. The highest BCUT2D eigenvalue weighted by Gasteiger charge is 2.41. The standard InChI is InChI=1S/C16H24N2O3/c1-12-17-10-14(15(19)20-2)18(12)11-13-6-9-16(21-13)7-4-3-5-8-16/h10,13H,3-9,11H2,1-2H3. The number of carbonyl (C=O) groups is 1. The van der Waals surface area contributed by atoms with Crippen LogP contribution in [0.3, 0.4) is 0 Å². The molecular formula is C16H24N2O3. The number of hydrogen-bond acceptors (Lipinski definition) is 4. The Morgan fingerprint density at radius 1 is 1.43 bits per heavy atom. The highest BCUT2D eigenvalue weighted by atomic mass is 16.5. The quantitative estimate of drug-likeness (QED) is 0.804. The Balaban J connectivity index is 1.70. The number of methoxy groups -OCH3 is 1. The van der Waals surface area contributed by atoms with Gasteiger partial charge >= 0.3 is 5.97 Å². The van der Waals surface area contributed by atoms with Crippen molar-refractivity contribution in [2.45, 2.75) is 70.1 Å². The number of carbonyl (C=O) groups excluding carboxylic acids is 1. The number of nitrogens with zero attached hydrogens (tertiary/aromatic N) is 2. The lowest BCUT2D eigenvalue weighted by molar-refractivity contribution is -0.0682. The van der Waals surface area contributed by atoms with Crippen LogP contribution in [-0.2, 0) is 16.0 Å². The molecule has 2 fully saturated rings. The zero-order valence-electron chi connectivity index (χ0n) is 12.9. The Bertz CT molecular complexity index is 518. The summed E-state index contributed by atoms with van der Waals surface area (Å²) < 4.78 is 13.1. The van der Waals surface area contributed by atoms with Crippen LogP contribution >= 0.6 is 0 Å². The predicted octanol–water partition coefficient (Wildman–Crippen LogP) is 2.86. The van der Waals surface area contributed by atoms with Crippen molar-refractivity contribution < 1.29 is 14.3 Å². The Morgan fingerprint density at radius 3 is 2.90 bits per heavy atom. The first-order valence-electron chi connectivity index (χ1n) is 7.92. The van der Waals surface area contributed by atoms with E-state index in [1.807, 2.05) is 11.5 Å². The molecule has 2 heterocycles. The topological polar surface area (TPSA) is 53.3 Å². The average molecular weight is 292 g/mol. The number of imidazole rings is 1. The van der Waals surface area contributed by atoms with Crippen LogP contribution in [0.2, 0.25) is 0 Å². The fourth-order valence-electron chi connectivity index (χ4n) is 3.76. The molecular weight excluding hydrogens is 268 g/mol. The van der Waals surface area contributed by atoms with Gasteiger partial charge in [0.15, 0.2) is 0 Å². The molecule has 1 spiro atoms. The van der Waals surface area contributed by atoms with Gasteiger partial charge in [-0.25, -0.2) is 9.78 Å². The van der Waals surface area contributed by atoms with E-state index in [1.165, 1.54) is 39.2 Å². The number of ether oxygens (including phenoxy) is 2. The SMILES string of the molecule is COC(=O)c1cnc(C)n1CC1CCC2(CCCCC2)O1. The molecule has 0 N–H and O–H groups in total. The summed E-state index contributed by atoms with van der Waals surface area (Å²) in [6, 6.07) is 0. The van der Waals surface area contributed by atoms with Crippen molar-refractivity contribution in [3.05, 3.63) is 17.7 Å². The summed E-state index contributed by atoms with van der Waals surface area (Å²) in [6.45, 7) is 2.61. The second kappa shape index (κ2) is 5.79. The molecule has 0 bridgehead atoms. The maximum atomic E-state index is 11.8. The first kappa shape index (κ1) is 14.6. The second-order valence-corrected chi connectivity index (χ2v) is 6.32. The zero-order chi connectivity index (χ0) is 14.9. The normalized spacial score (nSPS) is 24.4. The summed E-state index contributed by atoms with van der Waals surface area (Å²) in [7, 11) is 1.40.